The third-order valence-electron chi connectivity index (χ3n) is 5.20. The summed E-state index contributed by atoms with van der Waals surface area (Å²) in [6.07, 6.45) is 5.62. The molecule has 0 amide bonds. The van der Waals surface area contributed by atoms with Gasteiger partial charge in [-0.15, -0.1) is 0 Å². The van der Waals surface area contributed by atoms with E-state index in [1.807, 2.05) is 19.1 Å². The highest BCUT2D eigenvalue weighted by atomic mass is 16.3. The zero-order chi connectivity index (χ0) is 13.5. The zero-order valence-electron chi connectivity index (χ0n) is 11.5. The van der Waals surface area contributed by atoms with Crippen LogP contribution in [0.1, 0.15) is 50.2 Å². The van der Waals surface area contributed by atoms with Gasteiger partial charge in [0.15, 0.2) is 0 Å². The van der Waals surface area contributed by atoms with Gasteiger partial charge in [-0.05, 0) is 55.6 Å². The zero-order valence-corrected chi connectivity index (χ0v) is 11.5. The van der Waals surface area contributed by atoms with E-state index in [1.165, 1.54) is 5.56 Å². The van der Waals surface area contributed by atoms with Crippen molar-refractivity contribution in [1.82, 2.24) is 0 Å². The Morgan fingerprint density at radius 3 is 2.79 bits per heavy atom. The Hall–Kier alpha value is -1.33. The first-order chi connectivity index (χ1) is 9.18. The number of benzene rings is 1. The smallest absolute Gasteiger partial charge is 0.111 e. The summed E-state index contributed by atoms with van der Waals surface area (Å²) < 4.78 is 0. The normalized spacial score (nSPS) is 29.1. The highest BCUT2D eigenvalue weighted by molar-refractivity contribution is 5.45. The fourth-order valence-electron chi connectivity index (χ4n) is 4.00. The Morgan fingerprint density at radius 2 is 2.16 bits per heavy atom. The quantitative estimate of drug-likeness (QED) is 0.900. The minimum atomic E-state index is -0.849. The molecule has 100 valence electrons. The Balaban J connectivity index is 2.17. The van der Waals surface area contributed by atoms with Gasteiger partial charge in [0.05, 0.1) is 11.7 Å². The van der Waals surface area contributed by atoms with Crippen LogP contribution >= 0.6 is 0 Å². The summed E-state index contributed by atoms with van der Waals surface area (Å²) in [5.74, 6) is 0.309. The van der Waals surface area contributed by atoms with Crippen LogP contribution < -0.4 is 0 Å². The first kappa shape index (κ1) is 12.7. The van der Waals surface area contributed by atoms with Crippen molar-refractivity contribution in [3.05, 3.63) is 35.4 Å². The Morgan fingerprint density at radius 1 is 1.42 bits per heavy atom. The lowest BCUT2D eigenvalue weighted by atomic mass is 9.59. The van der Waals surface area contributed by atoms with Gasteiger partial charge >= 0.3 is 0 Å². The molecular weight excluding hydrogens is 234 g/mol. The van der Waals surface area contributed by atoms with E-state index in [0.717, 1.165) is 37.7 Å². The first-order valence-electron chi connectivity index (χ1n) is 7.40. The van der Waals surface area contributed by atoms with E-state index in [2.05, 4.69) is 18.2 Å². The van der Waals surface area contributed by atoms with Gasteiger partial charge in [-0.25, -0.2) is 0 Å². The number of hydrogen-bond donors (Lipinski definition) is 1. The molecule has 0 aliphatic heterocycles. The molecule has 2 aliphatic rings. The number of rotatable bonds is 3. The van der Waals surface area contributed by atoms with E-state index in [0.29, 0.717) is 12.3 Å². The molecule has 1 aromatic rings. The van der Waals surface area contributed by atoms with Gasteiger partial charge in [0.1, 0.15) is 5.41 Å². The molecular formula is C17H21NO. The second-order valence-electron chi connectivity index (χ2n) is 6.08. The van der Waals surface area contributed by atoms with Gasteiger partial charge in [-0.1, -0.05) is 31.2 Å². The average Bonchev–Trinajstić information content (AvgIpc) is 3.30. The van der Waals surface area contributed by atoms with Crippen molar-refractivity contribution in [2.24, 2.45) is 5.92 Å². The van der Waals surface area contributed by atoms with Gasteiger partial charge in [-0.3, -0.25) is 0 Å². The summed E-state index contributed by atoms with van der Waals surface area (Å²) in [7, 11) is 0. The van der Waals surface area contributed by atoms with E-state index in [1.54, 1.807) is 0 Å². The number of aliphatic hydroxyl groups is 1. The van der Waals surface area contributed by atoms with Crippen molar-refractivity contribution in [1.29, 1.82) is 5.26 Å². The van der Waals surface area contributed by atoms with E-state index < -0.39 is 11.0 Å². The Kier molecular flexibility index (Phi) is 2.91. The van der Waals surface area contributed by atoms with Crippen molar-refractivity contribution in [2.45, 2.75) is 56.5 Å². The third kappa shape index (κ3) is 1.65. The minimum absolute atomic E-state index is 0.309. The van der Waals surface area contributed by atoms with Gasteiger partial charge in [0.2, 0.25) is 0 Å². The van der Waals surface area contributed by atoms with Crippen LogP contribution in [0.4, 0.5) is 0 Å². The first-order valence-corrected chi connectivity index (χ1v) is 7.40. The average molecular weight is 255 g/mol. The standard InChI is InChI=1S/C17H21NO/c1-2-17(19,14-9-10-14)16(12-18)11-5-7-13-6-3-4-8-15(13)16/h3-4,6,8,14,19H,2,5,7,9-11H2,1H3. The molecule has 0 spiro atoms. The van der Waals surface area contributed by atoms with Crippen LogP contribution in [-0.2, 0) is 11.8 Å². The molecule has 2 nitrogen and oxygen atoms in total. The molecule has 19 heavy (non-hydrogen) atoms. The molecule has 1 saturated carbocycles. The summed E-state index contributed by atoms with van der Waals surface area (Å²) in [5.41, 5.74) is 0.790. The third-order valence-corrected chi connectivity index (χ3v) is 5.20. The van der Waals surface area contributed by atoms with E-state index in [4.69, 9.17) is 0 Å². The maximum atomic E-state index is 11.3. The molecule has 2 unspecified atom stereocenters. The molecule has 0 radical (unpaired) electrons. The van der Waals surface area contributed by atoms with Crippen LogP contribution in [0.25, 0.3) is 0 Å². The topological polar surface area (TPSA) is 44.0 Å². The SMILES string of the molecule is CCC(O)(C1CC1)C1(C#N)CCCc2ccccc21. The number of hydrogen-bond acceptors (Lipinski definition) is 2. The van der Waals surface area contributed by atoms with Crippen molar-refractivity contribution in [3.8, 4) is 6.07 Å². The number of fused-ring (bicyclic) bond motifs is 1. The van der Waals surface area contributed by atoms with Crippen molar-refractivity contribution < 1.29 is 5.11 Å². The number of nitriles is 1. The number of aryl methyl sites for hydroxylation is 1. The molecule has 0 saturated heterocycles. The van der Waals surface area contributed by atoms with Crippen molar-refractivity contribution >= 4 is 0 Å². The lowest BCUT2D eigenvalue weighted by Gasteiger charge is -2.46. The lowest BCUT2D eigenvalue weighted by Crippen LogP contribution is -2.54. The van der Waals surface area contributed by atoms with Crippen LogP contribution in [0, 0.1) is 17.2 Å². The van der Waals surface area contributed by atoms with Crippen LogP contribution in [-0.4, -0.2) is 10.7 Å². The van der Waals surface area contributed by atoms with Gasteiger partial charge in [0.25, 0.3) is 0 Å². The lowest BCUT2D eigenvalue weighted by molar-refractivity contribution is -0.0476. The van der Waals surface area contributed by atoms with E-state index in [-0.39, 0.29) is 0 Å². The molecule has 1 N–H and O–H groups in total. The summed E-state index contributed by atoms with van der Waals surface area (Å²) in [6, 6.07) is 10.7. The Labute approximate surface area is 115 Å². The molecule has 2 aliphatic carbocycles. The van der Waals surface area contributed by atoms with Gasteiger partial charge in [0, 0.05) is 0 Å². The second kappa shape index (κ2) is 4.35. The molecule has 0 aromatic heterocycles. The molecule has 3 rings (SSSR count). The largest absolute Gasteiger partial charge is 0.388 e. The van der Waals surface area contributed by atoms with E-state index >= 15 is 0 Å². The molecule has 0 heterocycles. The highest BCUT2D eigenvalue weighted by Crippen LogP contribution is 2.55. The molecule has 1 aromatic carbocycles. The fourth-order valence-corrected chi connectivity index (χ4v) is 4.00. The fraction of sp³-hybridized carbons (Fsp3) is 0.588. The monoisotopic (exact) mass is 255 g/mol. The summed E-state index contributed by atoms with van der Waals surface area (Å²) in [6.45, 7) is 2.02. The van der Waals surface area contributed by atoms with Crippen LogP contribution in [0.2, 0.25) is 0 Å². The predicted molar refractivity (Wildman–Crippen MR) is 74.6 cm³/mol. The number of nitrogens with zero attached hydrogens (tertiary/aromatic N) is 1. The molecule has 1 fully saturated rings. The van der Waals surface area contributed by atoms with Gasteiger partial charge < -0.3 is 5.11 Å². The summed E-state index contributed by atoms with van der Waals surface area (Å²) >= 11 is 0. The second-order valence-corrected chi connectivity index (χ2v) is 6.08. The van der Waals surface area contributed by atoms with Crippen LogP contribution in [0.5, 0.6) is 0 Å². The predicted octanol–water partition coefficient (Wildman–Crippen LogP) is 3.34. The molecule has 0 bridgehead atoms. The maximum Gasteiger partial charge on any atom is 0.111 e. The summed E-state index contributed by atoms with van der Waals surface area (Å²) in [4.78, 5) is 0. The van der Waals surface area contributed by atoms with Crippen molar-refractivity contribution in [2.75, 3.05) is 0 Å². The van der Waals surface area contributed by atoms with Gasteiger partial charge in [-0.2, -0.15) is 5.26 Å². The van der Waals surface area contributed by atoms with Crippen LogP contribution in [0.3, 0.4) is 0 Å². The molecule has 2 heteroatoms. The van der Waals surface area contributed by atoms with E-state index in [9.17, 15) is 10.4 Å². The van der Waals surface area contributed by atoms with Crippen LogP contribution in [0.15, 0.2) is 24.3 Å². The maximum absolute atomic E-state index is 11.3. The minimum Gasteiger partial charge on any atom is -0.388 e. The summed E-state index contributed by atoms with van der Waals surface area (Å²) in [5, 5.41) is 21.2. The van der Waals surface area contributed by atoms with Crippen molar-refractivity contribution in [3.63, 3.8) is 0 Å². The highest BCUT2D eigenvalue weighted by Gasteiger charge is 2.59. The Bertz CT molecular complexity index is 528. The molecule has 2 atom stereocenters.